The lowest BCUT2D eigenvalue weighted by Gasteiger charge is -2.11. The summed E-state index contributed by atoms with van der Waals surface area (Å²) in [7, 11) is 0. The summed E-state index contributed by atoms with van der Waals surface area (Å²) < 4.78 is 2.94. The fraction of sp³-hybridized carbons (Fsp3) is 0.333. The van der Waals surface area contributed by atoms with Crippen molar-refractivity contribution in [3.05, 3.63) is 45.3 Å². The summed E-state index contributed by atoms with van der Waals surface area (Å²) in [5.74, 6) is 0. The molecule has 0 fully saturated rings. The van der Waals surface area contributed by atoms with Gasteiger partial charge in [0.15, 0.2) is 0 Å². The molecule has 0 unspecified atom stereocenters. The number of benzene rings is 1. The van der Waals surface area contributed by atoms with Gasteiger partial charge in [0, 0.05) is 3.57 Å². The first-order valence-electron chi connectivity index (χ1n) is 5.32. The molecule has 1 heterocycles. The molecule has 1 aromatic carbocycles. The average Bonchev–Trinajstić information content (AvgIpc) is 2.69. The van der Waals surface area contributed by atoms with E-state index in [-0.39, 0.29) is 0 Å². The van der Waals surface area contributed by atoms with Gasteiger partial charge in [-0.05, 0) is 54.1 Å². The van der Waals surface area contributed by atoms with Gasteiger partial charge in [0.25, 0.3) is 0 Å². The molecule has 0 saturated carbocycles. The maximum Gasteiger partial charge on any atom is 0.114 e. The van der Waals surface area contributed by atoms with Crippen molar-refractivity contribution in [2.75, 3.05) is 0 Å². The van der Waals surface area contributed by atoms with E-state index in [1.807, 2.05) is 0 Å². The molecule has 0 aliphatic rings. The molecule has 17 heavy (non-hydrogen) atoms. The summed E-state index contributed by atoms with van der Waals surface area (Å²) in [5.41, 5.74) is 0.810. The van der Waals surface area contributed by atoms with Crippen LogP contribution in [-0.2, 0) is 12.1 Å². The van der Waals surface area contributed by atoms with E-state index in [0.29, 0.717) is 12.2 Å². The number of halogens is 1. The Kier molecular flexibility index (Phi) is 3.48. The Bertz CT molecular complexity index is 499. The highest BCUT2D eigenvalue weighted by molar-refractivity contribution is 14.1. The summed E-state index contributed by atoms with van der Waals surface area (Å²) in [6.07, 6.45) is 1.78. The number of nitrogens with zero attached hydrogens (tertiary/aromatic N) is 3. The lowest BCUT2D eigenvalue weighted by atomic mass is 10.1. The topological polar surface area (TPSA) is 50.9 Å². The van der Waals surface area contributed by atoms with Crippen LogP contribution in [0.25, 0.3) is 0 Å². The molecule has 0 bridgehead atoms. The van der Waals surface area contributed by atoms with Crippen molar-refractivity contribution in [2.24, 2.45) is 0 Å². The van der Waals surface area contributed by atoms with Gasteiger partial charge < -0.3 is 5.11 Å². The van der Waals surface area contributed by atoms with Crippen LogP contribution < -0.4 is 0 Å². The molecule has 0 aliphatic heterocycles. The van der Waals surface area contributed by atoms with E-state index < -0.39 is 5.60 Å². The van der Waals surface area contributed by atoms with Gasteiger partial charge >= 0.3 is 0 Å². The maximum atomic E-state index is 9.79. The Morgan fingerprint density at radius 1 is 1.29 bits per heavy atom. The molecule has 0 spiro atoms. The molecule has 2 rings (SSSR count). The predicted molar refractivity (Wildman–Crippen MR) is 73.5 cm³/mol. The van der Waals surface area contributed by atoms with Gasteiger partial charge in [-0.15, -0.1) is 5.10 Å². The highest BCUT2D eigenvalue weighted by atomic mass is 127. The molecule has 0 saturated heterocycles. The van der Waals surface area contributed by atoms with Gasteiger partial charge in [-0.25, -0.2) is 4.68 Å². The average molecular weight is 343 g/mol. The molecular formula is C12H14IN3O. The molecule has 0 radical (unpaired) electrons. The van der Waals surface area contributed by atoms with Gasteiger partial charge in [0.1, 0.15) is 11.3 Å². The van der Waals surface area contributed by atoms with E-state index in [9.17, 15) is 5.11 Å². The van der Waals surface area contributed by atoms with Crippen LogP contribution in [0.3, 0.4) is 0 Å². The normalized spacial score (nSPS) is 11.8. The van der Waals surface area contributed by atoms with Crippen molar-refractivity contribution in [1.82, 2.24) is 15.0 Å². The van der Waals surface area contributed by atoms with Crippen molar-refractivity contribution < 1.29 is 5.11 Å². The minimum absolute atomic E-state index is 0.586. The zero-order chi connectivity index (χ0) is 12.5. The summed E-state index contributed by atoms with van der Waals surface area (Å²) in [5, 5.41) is 17.8. The van der Waals surface area contributed by atoms with Crippen LogP contribution in [0.5, 0.6) is 0 Å². The maximum absolute atomic E-state index is 9.79. The van der Waals surface area contributed by atoms with Crippen LogP contribution in [0.4, 0.5) is 0 Å². The highest BCUT2D eigenvalue weighted by Gasteiger charge is 2.19. The predicted octanol–water partition coefficient (Wildman–Crippen LogP) is 2.16. The molecule has 90 valence electrons. The van der Waals surface area contributed by atoms with Crippen LogP contribution in [0.2, 0.25) is 0 Å². The second-order valence-corrected chi connectivity index (χ2v) is 5.73. The Balaban J connectivity index is 2.14. The second kappa shape index (κ2) is 4.73. The van der Waals surface area contributed by atoms with E-state index in [1.165, 1.54) is 3.57 Å². The largest absolute Gasteiger partial charge is 0.384 e. The quantitative estimate of drug-likeness (QED) is 0.869. The van der Waals surface area contributed by atoms with Gasteiger partial charge in [0.2, 0.25) is 0 Å². The standard InChI is InChI=1S/C12H14IN3O/c1-12(2,17)11-8-16(15-14-11)7-9-3-5-10(13)6-4-9/h3-6,8,17H,7H2,1-2H3. The van der Waals surface area contributed by atoms with Crippen LogP contribution in [0, 0.1) is 3.57 Å². The Labute approximate surface area is 114 Å². The second-order valence-electron chi connectivity index (χ2n) is 4.49. The third kappa shape index (κ3) is 3.26. The summed E-state index contributed by atoms with van der Waals surface area (Å²) >= 11 is 2.27. The number of hydrogen-bond acceptors (Lipinski definition) is 3. The molecule has 0 amide bonds. The number of aliphatic hydroxyl groups is 1. The Morgan fingerprint density at radius 2 is 1.94 bits per heavy atom. The molecule has 1 N–H and O–H groups in total. The van der Waals surface area contributed by atoms with E-state index in [0.717, 1.165) is 5.56 Å². The van der Waals surface area contributed by atoms with Crippen LogP contribution in [0.1, 0.15) is 25.1 Å². The fourth-order valence-electron chi connectivity index (χ4n) is 1.43. The first-order valence-corrected chi connectivity index (χ1v) is 6.40. The van der Waals surface area contributed by atoms with E-state index >= 15 is 0 Å². The van der Waals surface area contributed by atoms with E-state index in [4.69, 9.17) is 0 Å². The number of rotatable bonds is 3. The lowest BCUT2D eigenvalue weighted by molar-refractivity contribution is 0.0737. The van der Waals surface area contributed by atoms with Crippen molar-refractivity contribution in [2.45, 2.75) is 26.0 Å². The fourth-order valence-corrected chi connectivity index (χ4v) is 1.79. The van der Waals surface area contributed by atoms with Gasteiger partial charge in [-0.2, -0.15) is 0 Å². The number of aromatic nitrogens is 3. The zero-order valence-corrected chi connectivity index (χ0v) is 11.9. The first kappa shape index (κ1) is 12.5. The molecule has 0 aliphatic carbocycles. The summed E-state index contributed by atoms with van der Waals surface area (Å²) in [6.45, 7) is 4.07. The van der Waals surface area contributed by atoms with Gasteiger partial charge in [0.05, 0.1) is 12.7 Å². The molecule has 1 aromatic heterocycles. The molecule has 0 atom stereocenters. The van der Waals surface area contributed by atoms with E-state index in [1.54, 1.807) is 24.7 Å². The Morgan fingerprint density at radius 3 is 2.47 bits per heavy atom. The van der Waals surface area contributed by atoms with Crippen molar-refractivity contribution >= 4 is 22.6 Å². The van der Waals surface area contributed by atoms with E-state index in [2.05, 4.69) is 57.2 Å². The smallest absolute Gasteiger partial charge is 0.114 e. The zero-order valence-electron chi connectivity index (χ0n) is 9.76. The van der Waals surface area contributed by atoms with Crippen LogP contribution in [-0.4, -0.2) is 20.1 Å². The number of hydrogen-bond donors (Lipinski definition) is 1. The molecule has 2 aromatic rings. The summed E-state index contributed by atoms with van der Waals surface area (Å²) in [4.78, 5) is 0. The highest BCUT2D eigenvalue weighted by Crippen LogP contribution is 2.16. The minimum Gasteiger partial charge on any atom is -0.384 e. The molecule has 5 heteroatoms. The lowest BCUT2D eigenvalue weighted by Crippen LogP contribution is -2.15. The summed E-state index contributed by atoms with van der Waals surface area (Å²) in [6, 6.07) is 8.24. The van der Waals surface area contributed by atoms with Crippen molar-refractivity contribution in [1.29, 1.82) is 0 Å². The van der Waals surface area contributed by atoms with Crippen LogP contribution >= 0.6 is 22.6 Å². The first-order chi connectivity index (χ1) is 7.95. The van der Waals surface area contributed by atoms with Crippen molar-refractivity contribution in [3.63, 3.8) is 0 Å². The third-order valence-electron chi connectivity index (χ3n) is 2.42. The SMILES string of the molecule is CC(C)(O)c1cn(Cc2ccc(I)cc2)nn1. The van der Waals surface area contributed by atoms with Gasteiger partial charge in [-0.3, -0.25) is 0 Å². The van der Waals surface area contributed by atoms with Crippen molar-refractivity contribution in [3.8, 4) is 0 Å². The monoisotopic (exact) mass is 343 g/mol. The van der Waals surface area contributed by atoms with Crippen LogP contribution in [0.15, 0.2) is 30.5 Å². The molecular weight excluding hydrogens is 329 g/mol. The Hall–Kier alpha value is -0.950. The third-order valence-corrected chi connectivity index (χ3v) is 3.14. The molecule has 4 nitrogen and oxygen atoms in total. The van der Waals surface area contributed by atoms with Gasteiger partial charge in [-0.1, -0.05) is 17.3 Å². The minimum atomic E-state index is -0.940.